The van der Waals surface area contributed by atoms with E-state index in [0.717, 1.165) is 56.2 Å². The van der Waals surface area contributed by atoms with Crippen molar-refractivity contribution in [3.63, 3.8) is 0 Å². The van der Waals surface area contributed by atoms with E-state index in [4.69, 9.17) is 19.2 Å². The highest BCUT2D eigenvalue weighted by molar-refractivity contribution is 5.79. The minimum absolute atomic E-state index is 0.144. The third kappa shape index (κ3) is 4.49. The Morgan fingerprint density at radius 1 is 1.30 bits per heavy atom. The lowest BCUT2D eigenvalue weighted by atomic mass is 9.96. The smallest absolute Gasteiger partial charge is 0.231 e. The highest BCUT2D eigenvalue weighted by atomic mass is 16.7. The molecule has 1 aromatic rings. The molecule has 0 saturated heterocycles. The first-order valence-corrected chi connectivity index (χ1v) is 10.2. The largest absolute Gasteiger partial charge is 0.454 e. The van der Waals surface area contributed by atoms with Crippen molar-refractivity contribution < 1.29 is 14.2 Å². The minimum atomic E-state index is 0.144. The standard InChI is InChI=1S/C21H31N3O3/c1-3-22-20(24(2)10-11-25-13-16-4-5-16)23-14-21(8-9-21)17-6-7-18-19(12-17)27-15-26-18/h6-7,12,16H,3-5,8-11,13-15H2,1-2H3,(H,22,23). The van der Waals surface area contributed by atoms with Crippen LogP contribution >= 0.6 is 0 Å². The quantitative estimate of drug-likeness (QED) is 0.410. The normalized spacial score (nSPS) is 19.9. The van der Waals surface area contributed by atoms with Gasteiger partial charge >= 0.3 is 0 Å². The highest BCUT2D eigenvalue weighted by Gasteiger charge is 2.44. The number of nitrogens with zero attached hydrogens (tertiary/aromatic N) is 2. The summed E-state index contributed by atoms with van der Waals surface area (Å²) >= 11 is 0. The molecule has 1 N–H and O–H groups in total. The first kappa shape index (κ1) is 18.4. The summed E-state index contributed by atoms with van der Waals surface area (Å²) in [6.07, 6.45) is 5.01. The van der Waals surface area contributed by atoms with Crippen LogP contribution in [0.15, 0.2) is 23.2 Å². The molecule has 6 heteroatoms. The van der Waals surface area contributed by atoms with Crippen LogP contribution in [0.25, 0.3) is 0 Å². The third-order valence-corrected chi connectivity index (χ3v) is 5.69. The Morgan fingerprint density at radius 3 is 2.85 bits per heavy atom. The van der Waals surface area contributed by atoms with Crippen LogP contribution in [0.2, 0.25) is 0 Å². The molecule has 0 unspecified atom stereocenters. The second-order valence-electron chi connectivity index (χ2n) is 7.96. The van der Waals surface area contributed by atoms with Gasteiger partial charge in [-0.1, -0.05) is 6.07 Å². The number of hydrogen-bond donors (Lipinski definition) is 1. The van der Waals surface area contributed by atoms with Crippen molar-refractivity contribution in [2.45, 2.75) is 38.0 Å². The number of fused-ring (bicyclic) bond motifs is 1. The van der Waals surface area contributed by atoms with Gasteiger partial charge in [-0.15, -0.1) is 0 Å². The molecule has 0 atom stereocenters. The van der Waals surface area contributed by atoms with Crippen LogP contribution in [0.3, 0.4) is 0 Å². The van der Waals surface area contributed by atoms with E-state index in [1.54, 1.807) is 0 Å². The molecule has 0 amide bonds. The molecule has 0 aromatic heterocycles. The molecule has 148 valence electrons. The summed E-state index contributed by atoms with van der Waals surface area (Å²) in [5, 5.41) is 3.41. The average molecular weight is 373 g/mol. The van der Waals surface area contributed by atoms with Crippen molar-refractivity contribution in [1.82, 2.24) is 10.2 Å². The molecule has 0 radical (unpaired) electrons. The number of aliphatic imine (C=N–C) groups is 1. The van der Waals surface area contributed by atoms with E-state index >= 15 is 0 Å². The molecule has 2 fully saturated rings. The zero-order chi connectivity index (χ0) is 18.7. The van der Waals surface area contributed by atoms with Crippen LogP contribution in [-0.2, 0) is 10.2 Å². The van der Waals surface area contributed by atoms with Gasteiger partial charge in [-0.25, -0.2) is 0 Å². The van der Waals surface area contributed by atoms with Crippen molar-refractivity contribution in [2.75, 3.05) is 46.7 Å². The lowest BCUT2D eigenvalue weighted by Gasteiger charge is -2.23. The van der Waals surface area contributed by atoms with Crippen molar-refractivity contribution in [2.24, 2.45) is 10.9 Å². The number of guanidine groups is 1. The fourth-order valence-corrected chi connectivity index (χ4v) is 3.45. The molecule has 0 spiro atoms. The monoisotopic (exact) mass is 373 g/mol. The molecule has 2 aliphatic carbocycles. The number of ether oxygens (including phenoxy) is 3. The SMILES string of the molecule is CCNC(=NCC1(c2ccc3c(c2)OCO3)CC1)N(C)CCOCC1CC1. The van der Waals surface area contributed by atoms with Crippen LogP contribution < -0.4 is 14.8 Å². The van der Waals surface area contributed by atoms with E-state index < -0.39 is 0 Å². The molecule has 27 heavy (non-hydrogen) atoms. The Kier molecular flexibility index (Phi) is 5.43. The zero-order valence-electron chi connectivity index (χ0n) is 16.5. The van der Waals surface area contributed by atoms with Gasteiger partial charge in [0, 0.05) is 32.2 Å². The first-order chi connectivity index (χ1) is 13.2. The van der Waals surface area contributed by atoms with Gasteiger partial charge in [-0.05, 0) is 56.2 Å². The molecular weight excluding hydrogens is 342 g/mol. The lowest BCUT2D eigenvalue weighted by molar-refractivity contribution is 0.115. The number of nitrogens with one attached hydrogen (secondary N) is 1. The van der Waals surface area contributed by atoms with Gasteiger partial charge < -0.3 is 24.4 Å². The van der Waals surface area contributed by atoms with Crippen LogP contribution in [0.5, 0.6) is 11.5 Å². The van der Waals surface area contributed by atoms with E-state index in [-0.39, 0.29) is 5.41 Å². The van der Waals surface area contributed by atoms with Crippen molar-refractivity contribution >= 4 is 5.96 Å². The predicted octanol–water partition coefficient (Wildman–Crippen LogP) is 2.77. The maximum atomic E-state index is 5.78. The Hall–Kier alpha value is -1.95. The Morgan fingerprint density at radius 2 is 2.11 bits per heavy atom. The zero-order valence-corrected chi connectivity index (χ0v) is 16.5. The van der Waals surface area contributed by atoms with Gasteiger partial charge in [0.15, 0.2) is 17.5 Å². The van der Waals surface area contributed by atoms with Crippen molar-refractivity contribution in [1.29, 1.82) is 0 Å². The maximum absolute atomic E-state index is 5.78. The molecule has 6 nitrogen and oxygen atoms in total. The predicted molar refractivity (Wildman–Crippen MR) is 106 cm³/mol. The fraction of sp³-hybridized carbons (Fsp3) is 0.667. The summed E-state index contributed by atoms with van der Waals surface area (Å²) in [4.78, 5) is 7.12. The van der Waals surface area contributed by atoms with Gasteiger partial charge in [0.2, 0.25) is 6.79 Å². The van der Waals surface area contributed by atoms with Gasteiger partial charge in [-0.3, -0.25) is 4.99 Å². The molecule has 1 aromatic carbocycles. The first-order valence-electron chi connectivity index (χ1n) is 10.2. The number of likely N-dealkylation sites (N-methyl/N-ethyl adjacent to an activating group) is 1. The summed E-state index contributed by atoms with van der Waals surface area (Å²) in [6, 6.07) is 6.32. The molecule has 4 rings (SSSR count). The van der Waals surface area contributed by atoms with E-state index in [9.17, 15) is 0 Å². The summed E-state index contributed by atoms with van der Waals surface area (Å²) in [5.74, 6) is 3.48. The average Bonchev–Trinajstić information content (AvgIpc) is 3.60. The van der Waals surface area contributed by atoms with Crippen molar-refractivity contribution in [3.05, 3.63) is 23.8 Å². The van der Waals surface area contributed by atoms with Crippen LogP contribution in [0, 0.1) is 5.92 Å². The van der Waals surface area contributed by atoms with Gasteiger partial charge in [0.05, 0.1) is 13.2 Å². The van der Waals surface area contributed by atoms with Crippen LogP contribution in [0.4, 0.5) is 0 Å². The van der Waals surface area contributed by atoms with Gasteiger partial charge in [0.25, 0.3) is 0 Å². The molecule has 0 bridgehead atoms. The van der Waals surface area contributed by atoms with Gasteiger partial charge in [-0.2, -0.15) is 0 Å². The van der Waals surface area contributed by atoms with Crippen molar-refractivity contribution in [3.8, 4) is 11.5 Å². The van der Waals surface area contributed by atoms with E-state index in [2.05, 4.69) is 36.3 Å². The maximum Gasteiger partial charge on any atom is 0.231 e. The van der Waals surface area contributed by atoms with Crippen LogP contribution in [-0.4, -0.2) is 57.5 Å². The Labute approximate surface area is 161 Å². The van der Waals surface area contributed by atoms with Gasteiger partial charge in [0.1, 0.15) is 0 Å². The van der Waals surface area contributed by atoms with E-state index in [1.165, 1.54) is 31.2 Å². The number of hydrogen-bond acceptors (Lipinski definition) is 4. The second kappa shape index (κ2) is 7.97. The topological polar surface area (TPSA) is 55.3 Å². The number of benzene rings is 1. The summed E-state index contributed by atoms with van der Waals surface area (Å²) < 4.78 is 16.8. The second-order valence-corrected chi connectivity index (χ2v) is 7.96. The highest BCUT2D eigenvalue weighted by Crippen LogP contribution is 2.50. The fourth-order valence-electron chi connectivity index (χ4n) is 3.45. The summed E-state index contributed by atoms with van der Waals surface area (Å²) in [6.45, 7) is 6.61. The third-order valence-electron chi connectivity index (χ3n) is 5.69. The number of rotatable bonds is 9. The van der Waals surface area contributed by atoms with Crippen LogP contribution in [0.1, 0.15) is 38.2 Å². The molecule has 3 aliphatic rings. The Bertz CT molecular complexity index is 683. The molecule has 1 aliphatic heterocycles. The van der Waals surface area contributed by atoms with E-state index in [1.807, 2.05) is 6.07 Å². The minimum Gasteiger partial charge on any atom is -0.454 e. The summed E-state index contributed by atoms with van der Waals surface area (Å²) in [5.41, 5.74) is 1.45. The molecular formula is C21H31N3O3. The summed E-state index contributed by atoms with van der Waals surface area (Å²) in [7, 11) is 2.09. The van der Waals surface area contributed by atoms with E-state index in [0.29, 0.717) is 6.79 Å². The molecule has 2 saturated carbocycles. The lowest BCUT2D eigenvalue weighted by Crippen LogP contribution is -2.41. The Balaban J connectivity index is 1.35. The molecule has 1 heterocycles.